The normalized spacial score (nSPS) is 31.3. The van der Waals surface area contributed by atoms with Crippen LogP contribution < -0.4 is 0 Å². The molecule has 4 saturated carbocycles. The van der Waals surface area contributed by atoms with E-state index in [1.807, 2.05) is 47.4 Å². The molecule has 68 heavy (non-hydrogen) atoms. The highest BCUT2D eigenvalue weighted by molar-refractivity contribution is 6.03. The maximum atomic E-state index is 14.3. The largest absolute Gasteiger partial charge is 0.478 e. The minimum absolute atomic E-state index is 0.0278. The summed E-state index contributed by atoms with van der Waals surface area (Å²) in [4.78, 5) is 86.1. The molecule has 2 aliphatic heterocycles. The van der Waals surface area contributed by atoms with Gasteiger partial charge in [0.2, 0.25) is 5.91 Å². The SMILES string of the molecule is C[C@]12C[C@H](N3CCN(C(=O)[C@@H]4CCCN4C(=O)c4ccc5ccccc5c4)CC3)[C@@H](OC(=O)c3ccccc3C(=O)O)CC1CCC1C2CC[C@@]2(C)C1CC[C@@H]2OC(=O)c1ccccc1C(=O)O. The monoisotopic (exact) mass is 923 g/mol. The number of carboxylic acids is 2. The van der Waals surface area contributed by atoms with Crippen LogP contribution in [0.2, 0.25) is 0 Å². The summed E-state index contributed by atoms with van der Waals surface area (Å²) in [6.45, 7) is 7.28. The molecule has 10 rings (SSSR count). The molecule has 0 aromatic heterocycles. The first-order valence-electron chi connectivity index (χ1n) is 24.6. The minimum atomic E-state index is -1.19. The van der Waals surface area contributed by atoms with Crippen molar-refractivity contribution in [1.82, 2.24) is 14.7 Å². The van der Waals surface area contributed by atoms with E-state index < -0.39 is 36.0 Å². The van der Waals surface area contributed by atoms with Crippen LogP contribution in [-0.4, -0.2) is 118 Å². The molecule has 6 aliphatic rings. The van der Waals surface area contributed by atoms with Gasteiger partial charge in [-0.05, 0) is 140 Å². The Morgan fingerprint density at radius 1 is 0.618 bits per heavy atom. The number of piperazine rings is 1. The molecule has 4 aliphatic carbocycles. The molecule has 4 unspecified atom stereocenters. The highest BCUT2D eigenvalue weighted by Gasteiger charge is 2.63. The summed E-state index contributed by atoms with van der Waals surface area (Å²) in [5.41, 5.74) is 0.158. The third-order valence-electron chi connectivity index (χ3n) is 17.7. The summed E-state index contributed by atoms with van der Waals surface area (Å²) in [7, 11) is 0. The van der Waals surface area contributed by atoms with Gasteiger partial charge in [-0.15, -0.1) is 0 Å². The third-order valence-corrected chi connectivity index (χ3v) is 17.7. The van der Waals surface area contributed by atoms with Crippen molar-refractivity contribution in [1.29, 1.82) is 0 Å². The van der Waals surface area contributed by atoms with Crippen LogP contribution in [0.3, 0.4) is 0 Å². The predicted molar refractivity (Wildman–Crippen MR) is 252 cm³/mol. The van der Waals surface area contributed by atoms with Crippen LogP contribution in [0.4, 0.5) is 0 Å². The summed E-state index contributed by atoms with van der Waals surface area (Å²) >= 11 is 0. The van der Waals surface area contributed by atoms with Crippen molar-refractivity contribution in [2.75, 3.05) is 32.7 Å². The quantitative estimate of drug-likeness (QED) is 0.154. The second-order valence-corrected chi connectivity index (χ2v) is 20.9. The Balaban J connectivity index is 0.864. The Bertz CT molecular complexity index is 2660. The Morgan fingerprint density at radius 3 is 1.91 bits per heavy atom. The van der Waals surface area contributed by atoms with Gasteiger partial charge < -0.3 is 29.5 Å². The number of fused-ring (bicyclic) bond motifs is 6. The van der Waals surface area contributed by atoms with E-state index in [0.29, 0.717) is 68.9 Å². The van der Waals surface area contributed by atoms with E-state index in [1.54, 1.807) is 29.2 Å². The highest BCUT2D eigenvalue weighted by atomic mass is 16.5. The summed E-state index contributed by atoms with van der Waals surface area (Å²) in [5.74, 6) is -2.40. The first-order chi connectivity index (χ1) is 32.7. The molecule has 0 bridgehead atoms. The number of hydrogen-bond acceptors (Lipinski definition) is 9. The van der Waals surface area contributed by atoms with E-state index in [0.717, 1.165) is 62.1 Å². The van der Waals surface area contributed by atoms with Gasteiger partial charge in [0.1, 0.15) is 18.2 Å². The lowest BCUT2D eigenvalue weighted by atomic mass is 9.44. The number of hydrogen-bond donors (Lipinski definition) is 2. The number of carbonyl (C=O) groups is 6. The van der Waals surface area contributed by atoms with E-state index in [-0.39, 0.29) is 63.0 Å². The molecule has 4 aromatic rings. The van der Waals surface area contributed by atoms with E-state index in [2.05, 4.69) is 18.7 Å². The van der Waals surface area contributed by atoms with Crippen molar-refractivity contribution in [2.45, 2.75) is 102 Å². The number of nitrogens with zero attached hydrogens (tertiary/aromatic N) is 3. The average Bonchev–Trinajstić information content (AvgIpc) is 3.98. The van der Waals surface area contributed by atoms with E-state index in [4.69, 9.17) is 9.47 Å². The number of likely N-dealkylation sites (tertiary alicyclic amines) is 1. The molecular weight excluding hydrogens is 863 g/mol. The van der Waals surface area contributed by atoms with Gasteiger partial charge in [-0.2, -0.15) is 0 Å². The zero-order valence-electron chi connectivity index (χ0n) is 38.9. The molecule has 2 saturated heterocycles. The van der Waals surface area contributed by atoms with Crippen molar-refractivity contribution in [2.24, 2.45) is 34.5 Å². The molecule has 4 aromatic carbocycles. The number of benzene rings is 4. The lowest BCUT2D eigenvalue weighted by Crippen LogP contribution is -2.63. The van der Waals surface area contributed by atoms with Gasteiger partial charge in [-0.25, -0.2) is 19.2 Å². The second-order valence-electron chi connectivity index (χ2n) is 20.9. The van der Waals surface area contributed by atoms with Gasteiger partial charge in [0, 0.05) is 49.7 Å². The second kappa shape index (κ2) is 18.1. The Kier molecular flexibility index (Phi) is 12.2. The van der Waals surface area contributed by atoms with Gasteiger partial charge in [-0.3, -0.25) is 14.5 Å². The van der Waals surface area contributed by atoms with Crippen molar-refractivity contribution in [3.8, 4) is 0 Å². The number of carbonyl (C=O) groups excluding carboxylic acids is 4. The van der Waals surface area contributed by atoms with Gasteiger partial charge in [0.05, 0.1) is 22.3 Å². The number of aromatic carboxylic acids is 2. The van der Waals surface area contributed by atoms with Crippen molar-refractivity contribution < 1.29 is 48.5 Å². The van der Waals surface area contributed by atoms with Gasteiger partial charge >= 0.3 is 23.9 Å². The number of ether oxygens (including phenoxy) is 2. The average molecular weight is 924 g/mol. The first-order valence-corrected chi connectivity index (χ1v) is 24.6. The number of esters is 2. The number of amides is 2. The standard InChI is InChI=1S/C55H61N3O10/c1-54-24-23-43-41(42(54)21-22-47(54)68-53(66)40-15-8-6-13-38(40)51(63)64)20-19-36-31-46(67-52(65)39-14-7-5-12-37(39)50(61)62)45(32-55(36,43)2)56-26-28-57(29-27-56)49(60)44-16-9-25-58(44)48(59)35-18-17-33-10-3-4-11-34(33)30-35/h3-8,10-15,17-18,30,36,41-47H,9,16,19-29,31-32H2,1-2H3,(H,61,62)(H,63,64)/t36?,41?,42?,43?,44-,45-,46-,47-,54-,55-/m0/s1. The van der Waals surface area contributed by atoms with Crippen molar-refractivity contribution >= 4 is 46.5 Å². The molecule has 0 radical (unpaired) electrons. The summed E-state index contributed by atoms with van der Waals surface area (Å²) < 4.78 is 12.7. The first kappa shape index (κ1) is 45.7. The number of rotatable bonds is 9. The number of carboxylic acid groups (broad SMARTS) is 2. The van der Waals surface area contributed by atoms with E-state index in [9.17, 15) is 39.0 Å². The van der Waals surface area contributed by atoms with E-state index >= 15 is 0 Å². The van der Waals surface area contributed by atoms with Crippen LogP contribution in [0.25, 0.3) is 10.8 Å². The molecule has 10 atom stereocenters. The molecular formula is C55H61N3O10. The highest BCUT2D eigenvalue weighted by Crippen LogP contribution is 2.67. The molecule has 2 N–H and O–H groups in total. The summed E-state index contributed by atoms with van der Waals surface area (Å²) in [6.07, 6.45) is 7.39. The maximum absolute atomic E-state index is 14.3. The third kappa shape index (κ3) is 8.03. The summed E-state index contributed by atoms with van der Waals surface area (Å²) in [5, 5.41) is 21.8. The zero-order valence-corrected chi connectivity index (χ0v) is 38.9. The fourth-order valence-electron chi connectivity index (χ4n) is 14.2. The van der Waals surface area contributed by atoms with Crippen molar-refractivity contribution in [3.63, 3.8) is 0 Å². The van der Waals surface area contributed by atoms with Gasteiger partial charge in [-0.1, -0.05) is 68.4 Å². The Labute approximate surface area is 396 Å². The Hall–Kier alpha value is -6.08. The fourth-order valence-corrected chi connectivity index (χ4v) is 14.2. The molecule has 13 nitrogen and oxygen atoms in total. The van der Waals surface area contributed by atoms with E-state index in [1.165, 1.54) is 24.3 Å². The fraction of sp³-hybridized carbons (Fsp3) is 0.491. The van der Waals surface area contributed by atoms with Crippen LogP contribution in [-0.2, 0) is 14.3 Å². The topological polar surface area (TPSA) is 171 Å². The molecule has 0 spiro atoms. The minimum Gasteiger partial charge on any atom is -0.478 e. The van der Waals surface area contributed by atoms with Gasteiger partial charge in [0.25, 0.3) is 5.91 Å². The lowest BCUT2D eigenvalue weighted by molar-refractivity contribution is -0.158. The van der Waals surface area contributed by atoms with Crippen LogP contribution in [0, 0.1) is 34.5 Å². The molecule has 2 heterocycles. The smallest absolute Gasteiger partial charge is 0.339 e. The lowest BCUT2D eigenvalue weighted by Gasteiger charge is -2.62. The van der Waals surface area contributed by atoms with Crippen LogP contribution in [0.1, 0.15) is 130 Å². The maximum Gasteiger partial charge on any atom is 0.339 e. The Morgan fingerprint density at radius 2 is 1.24 bits per heavy atom. The van der Waals surface area contributed by atoms with Crippen LogP contribution in [0.15, 0.2) is 91.0 Å². The van der Waals surface area contributed by atoms with Crippen molar-refractivity contribution in [3.05, 3.63) is 119 Å². The molecule has 356 valence electrons. The molecule has 6 fully saturated rings. The summed E-state index contributed by atoms with van der Waals surface area (Å²) in [6, 6.07) is 25.3. The van der Waals surface area contributed by atoms with Crippen LogP contribution >= 0.6 is 0 Å². The molecule has 2 amide bonds. The predicted octanol–water partition coefficient (Wildman–Crippen LogP) is 8.46. The van der Waals surface area contributed by atoms with Gasteiger partial charge in [0.15, 0.2) is 0 Å². The van der Waals surface area contributed by atoms with Crippen LogP contribution in [0.5, 0.6) is 0 Å². The molecule has 13 heteroatoms. The zero-order chi connectivity index (χ0) is 47.5.